The third-order valence-electron chi connectivity index (χ3n) is 4.54. The topological polar surface area (TPSA) is 40.1 Å². The first kappa shape index (κ1) is 18.3. The van der Waals surface area contributed by atoms with Crippen molar-refractivity contribution < 1.29 is 4.90 Å². The molecule has 2 heterocycles. The molecule has 1 atom stereocenters. The van der Waals surface area contributed by atoms with E-state index in [0.29, 0.717) is 11.4 Å². The minimum Gasteiger partial charge on any atom is -0.315 e. The number of nitrogens with one attached hydrogen (secondary N) is 1. The minimum atomic E-state index is 0.678. The van der Waals surface area contributed by atoms with E-state index in [0.717, 1.165) is 23.6 Å². The Balaban J connectivity index is 1.71. The van der Waals surface area contributed by atoms with E-state index in [1.54, 1.807) is 6.20 Å². The van der Waals surface area contributed by atoms with E-state index in [4.69, 9.17) is 17.3 Å². The zero-order valence-corrected chi connectivity index (χ0v) is 16.5. The van der Waals surface area contributed by atoms with Crippen LogP contribution in [0, 0.1) is 4.77 Å². The molecule has 28 heavy (non-hydrogen) atoms. The van der Waals surface area contributed by atoms with Crippen molar-refractivity contribution in [1.82, 2.24) is 19.3 Å². The van der Waals surface area contributed by atoms with Gasteiger partial charge in [0.1, 0.15) is 6.54 Å². The van der Waals surface area contributed by atoms with Crippen molar-refractivity contribution in [3.8, 4) is 17.1 Å². The van der Waals surface area contributed by atoms with Crippen LogP contribution in [-0.2, 0) is 13.2 Å². The van der Waals surface area contributed by atoms with E-state index < -0.39 is 0 Å². The van der Waals surface area contributed by atoms with Gasteiger partial charge in [-0.1, -0.05) is 48.5 Å². The van der Waals surface area contributed by atoms with Gasteiger partial charge in [-0.3, -0.25) is 9.55 Å². The molecule has 0 amide bonds. The van der Waals surface area contributed by atoms with Crippen LogP contribution in [0.1, 0.15) is 5.56 Å². The summed E-state index contributed by atoms with van der Waals surface area (Å²) in [5.74, 6) is 0.803. The number of hydrogen-bond acceptors (Lipinski definition) is 3. The summed E-state index contributed by atoms with van der Waals surface area (Å²) in [6.07, 6.45) is 3.58. The Labute approximate surface area is 169 Å². The minimum absolute atomic E-state index is 0.678. The average Bonchev–Trinajstić information content (AvgIpc) is 3.06. The first-order chi connectivity index (χ1) is 13.7. The summed E-state index contributed by atoms with van der Waals surface area (Å²) in [5.41, 5.74) is 3.23. The van der Waals surface area contributed by atoms with E-state index in [1.807, 2.05) is 64.0 Å². The van der Waals surface area contributed by atoms with Crippen LogP contribution in [0.2, 0.25) is 0 Å². The fourth-order valence-corrected chi connectivity index (χ4v) is 3.56. The van der Waals surface area contributed by atoms with Crippen molar-refractivity contribution in [2.75, 3.05) is 7.05 Å². The van der Waals surface area contributed by atoms with E-state index in [-0.39, 0.29) is 0 Å². The molecule has 4 rings (SSSR count). The van der Waals surface area contributed by atoms with Crippen molar-refractivity contribution >= 4 is 12.2 Å². The van der Waals surface area contributed by atoms with Crippen LogP contribution in [0.5, 0.6) is 0 Å². The molecule has 2 aromatic heterocycles. The number of quaternary nitrogens is 1. The second-order valence-corrected chi connectivity index (χ2v) is 7.16. The maximum Gasteiger partial charge on any atom is 0.207 e. The van der Waals surface area contributed by atoms with Gasteiger partial charge in [0.05, 0.1) is 7.05 Å². The van der Waals surface area contributed by atoms with Crippen molar-refractivity contribution in [2.45, 2.75) is 13.2 Å². The van der Waals surface area contributed by atoms with Gasteiger partial charge in [0.25, 0.3) is 0 Å². The van der Waals surface area contributed by atoms with Crippen LogP contribution in [0.25, 0.3) is 17.1 Å². The molecule has 2 aromatic carbocycles. The predicted octanol–water partition coefficient (Wildman–Crippen LogP) is 3.14. The van der Waals surface area contributed by atoms with Crippen molar-refractivity contribution in [3.05, 3.63) is 95.5 Å². The molecule has 1 unspecified atom stereocenters. The number of nitrogens with zero attached hydrogens (tertiary/aromatic N) is 4. The molecule has 0 aliphatic rings. The molecule has 140 valence electrons. The number of para-hydroxylation sites is 1. The molecule has 0 fully saturated rings. The maximum absolute atomic E-state index is 5.81. The van der Waals surface area contributed by atoms with E-state index >= 15 is 0 Å². The lowest BCUT2D eigenvalue weighted by molar-refractivity contribution is -0.917. The quantitative estimate of drug-likeness (QED) is 0.516. The van der Waals surface area contributed by atoms with Gasteiger partial charge in [-0.15, -0.1) is 5.10 Å². The van der Waals surface area contributed by atoms with Gasteiger partial charge in [0.2, 0.25) is 4.77 Å². The number of rotatable bonds is 6. The number of aromatic nitrogens is 4. The number of benzene rings is 2. The zero-order chi connectivity index (χ0) is 19.3. The Kier molecular flexibility index (Phi) is 5.41. The lowest BCUT2D eigenvalue weighted by atomic mass is 10.2. The van der Waals surface area contributed by atoms with Crippen LogP contribution in [0.4, 0.5) is 0 Å². The molecule has 5 nitrogen and oxygen atoms in total. The molecule has 4 aromatic rings. The van der Waals surface area contributed by atoms with Crippen molar-refractivity contribution in [2.24, 2.45) is 0 Å². The highest BCUT2D eigenvalue weighted by Crippen LogP contribution is 2.21. The average molecular weight is 389 g/mol. The highest BCUT2D eigenvalue weighted by Gasteiger charge is 2.16. The molecule has 0 aliphatic heterocycles. The smallest absolute Gasteiger partial charge is 0.207 e. The number of pyridine rings is 1. The van der Waals surface area contributed by atoms with Crippen molar-refractivity contribution in [3.63, 3.8) is 0 Å². The van der Waals surface area contributed by atoms with Crippen LogP contribution in [0.15, 0.2) is 85.2 Å². The van der Waals surface area contributed by atoms with E-state index in [2.05, 4.69) is 36.3 Å². The van der Waals surface area contributed by atoms with Crippen LogP contribution < -0.4 is 4.90 Å². The molecule has 1 N–H and O–H groups in total. The summed E-state index contributed by atoms with van der Waals surface area (Å²) in [6.45, 7) is 1.59. The van der Waals surface area contributed by atoms with Gasteiger partial charge in [-0.2, -0.15) is 4.68 Å². The molecular weight excluding hydrogens is 366 g/mol. The van der Waals surface area contributed by atoms with Gasteiger partial charge in [0.15, 0.2) is 12.5 Å². The molecule has 0 aliphatic carbocycles. The zero-order valence-electron chi connectivity index (χ0n) is 15.7. The third kappa shape index (κ3) is 3.93. The molecule has 0 saturated carbocycles. The fourth-order valence-electron chi connectivity index (χ4n) is 3.26. The van der Waals surface area contributed by atoms with Crippen LogP contribution in [-0.4, -0.2) is 26.4 Å². The molecule has 0 saturated heterocycles. The molecule has 6 heteroatoms. The van der Waals surface area contributed by atoms with Gasteiger partial charge >= 0.3 is 0 Å². The Morgan fingerprint density at radius 2 is 1.64 bits per heavy atom. The lowest BCUT2D eigenvalue weighted by Gasteiger charge is -2.13. The van der Waals surface area contributed by atoms with Crippen LogP contribution >= 0.6 is 12.2 Å². The first-order valence-corrected chi connectivity index (χ1v) is 9.64. The molecule has 0 radical (unpaired) electrons. The van der Waals surface area contributed by atoms with E-state index in [9.17, 15) is 0 Å². The summed E-state index contributed by atoms with van der Waals surface area (Å²) in [5, 5.41) is 4.85. The molecular formula is C22H22N5S+. The SMILES string of the molecule is C[NH+](Cc1ccccc1)Cn1nc(-c2cccnc2)n(-c2ccccc2)c1=S. The highest BCUT2D eigenvalue weighted by atomic mass is 32.1. The second-order valence-electron chi connectivity index (χ2n) is 6.80. The summed E-state index contributed by atoms with van der Waals surface area (Å²) >= 11 is 5.81. The second kappa shape index (κ2) is 8.29. The largest absolute Gasteiger partial charge is 0.315 e. The predicted molar refractivity (Wildman–Crippen MR) is 113 cm³/mol. The molecule has 0 spiro atoms. The molecule has 0 bridgehead atoms. The third-order valence-corrected chi connectivity index (χ3v) is 4.94. The Bertz CT molecular complexity index is 1090. The Hall–Kier alpha value is -3.09. The van der Waals surface area contributed by atoms with Gasteiger partial charge in [-0.05, 0) is 36.5 Å². The maximum atomic E-state index is 5.81. The normalized spacial score (nSPS) is 12.0. The first-order valence-electron chi connectivity index (χ1n) is 9.23. The summed E-state index contributed by atoms with van der Waals surface area (Å²) in [6, 6.07) is 24.5. The van der Waals surface area contributed by atoms with Crippen LogP contribution in [0.3, 0.4) is 0 Å². The summed E-state index contributed by atoms with van der Waals surface area (Å²) in [4.78, 5) is 5.55. The summed E-state index contributed by atoms with van der Waals surface area (Å²) in [7, 11) is 2.15. The van der Waals surface area contributed by atoms with Gasteiger partial charge in [0, 0.05) is 29.2 Å². The Morgan fingerprint density at radius 3 is 2.32 bits per heavy atom. The summed E-state index contributed by atoms with van der Waals surface area (Å²) < 4.78 is 4.60. The van der Waals surface area contributed by atoms with Gasteiger partial charge < -0.3 is 4.90 Å². The van der Waals surface area contributed by atoms with Gasteiger partial charge in [-0.25, -0.2) is 0 Å². The number of hydrogen-bond donors (Lipinski definition) is 1. The fraction of sp³-hybridized carbons (Fsp3) is 0.136. The van der Waals surface area contributed by atoms with Crippen molar-refractivity contribution in [1.29, 1.82) is 0 Å². The lowest BCUT2D eigenvalue weighted by Crippen LogP contribution is -3.07. The standard InChI is InChI=1S/C22H21N5S/c1-25(16-18-9-4-2-5-10-18)17-26-22(28)27(20-12-6-3-7-13-20)21(24-26)19-11-8-14-23-15-19/h2-15H,16-17H2,1H3/p+1. The highest BCUT2D eigenvalue weighted by molar-refractivity contribution is 7.71. The Morgan fingerprint density at radius 1 is 0.929 bits per heavy atom. The monoisotopic (exact) mass is 388 g/mol. The van der Waals surface area contributed by atoms with E-state index in [1.165, 1.54) is 10.5 Å².